The van der Waals surface area contributed by atoms with Crippen molar-refractivity contribution in [2.45, 2.75) is 57.3 Å². The first-order chi connectivity index (χ1) is 20.3. The molecule has 0 saturated carbocycles. The number of aromatic nitrogens is 1. The number of amides is 1. The number of piperidine rings is 1. The number of halogens is 9. The Morgan fingerprint density at radius 2 is 1.24 bits per heavy atom. The summed E-state index contributed by atoms with van der Waals surface area (Å²) in [6, 6.07) is 6.07. The summed E-state index contributed by atoms with van der Waals surface area (Å²) >= 11 is 0. The average molecular weight is 673 g/mol. The average Bonchev–Trinajstić information content (AvgIpc) is 2.90. The number of likely N-dealkylation sites (tertiary alicyclic amines) is 1. The van der Waals surface area contributed by atoms with Crippen LogP contribution in [0.1, 0.15) is 32.4 Å². The molecule has 1 aromatic heterocycles. The summed E-state index contributed by atoms with van der Waals surface area (Å²) in [5, 5.41) is 21.4. The second-order valence-corrected chi connectivity index (χ2v) is 10.1. The van der Waals surface area contributed by atoms with Crippen molar-refractivity contribution in [2.75, 3.05) is 39.8 Å². The summed E-state index contributed by atoms with van der Waals surface area (Å²) in [6.45, 7) is 9.91. The fourth-order valence-electron chi connectivity index (χ4n) is 4.06. The minimum absolute atomic E-state index is 0.284. The van der Waals surface area contributed by atoms with Crippen molar-refractivity contribution in [3.63, 3.8) is 0 Å². The summed E-state index contributed by atoms with van der Waals surface area (Å²) in [4.78, 5) is 51.1. The van der Waals surface area contributed by atoms with Gasteiger partial charge in [0.05, 0.1) is 5.69 Å². The fourth-order valence-corrected chi connectivity index (χ4v) is 4.06. The molecule has 0 unspecified atom stereocenters. The third-order valence-corrected chi connectivity index (χ3v) is 6.23. The molecule has 0 bridgehead atoms. The predicted octanol–water partition coefficient (Wildman–Crippen LogP) is 3.75. The van der Waals surface area contributed by atoms with Crippen LogP contribution in [0, 0.1) is 5.92 Å². The number of hydrogen-bond donors (Lipinski definition) is 3. The van der Waals surface area contributed by atoms with Gasteiger partial charge in [-0.3, -0.25) is 19.6 Å². The van der Waals surface area contributed by atoms with Gasteiger partial charge in [0, 0.05) is 45.5 Å². The van der Waals surface area contributed by atoms with Crippen molar-refractivity contribution in [3.05, 3.63) is 30.1 Å². The first-order valence-electron chi connectivity index (χ1n) is 12.9. The lowest BCUT2D eigenvalue weighted by Gasteiger charge is -2.52. The normalized spacial score (nSPS) is 17.3. The van der Waals surface area contributed by atoms with Crippen LogP contribution in [0.25, 0.3) is 0 Å². The molecule has 0 atom stereocenters. The highest BCUT2D eigenvalue weighted by molar-refractivity contribution is 5.87. The van der Waals surface area contributed by atoms with Crippen LogP contribution in [0.5, 0.6) is 0 Å². The molecule has 258 valence electrons. The molecular weight excluding hydrogens is 639 g/mol. The molecule has 0 aliphatic carbocycles. The highest BCUT2D eigenvalue weighted by atomic mass is 19.4. The lowest BCUT2D eigenvalue weighted by molar-refractivity contribution is -0.193. The lowest BCUT2D eigenvalue weighted by Crippen LogP contribution is -2.67. The van der Waals surface area contributed by atoms with Crippen molar-refractivity contribution < 1.29 is 74.0 Å². The highest BCUT2D eigenvalue weighted by Crippen LogP contribution is 2.33. The summed E-state index contributed by atoms with van der Waals surface area (Å²) < 4.78 is 95.2. The Hall–Kier alpha value is -3.68. The van der Waals surface area contributed by atoms with Crippen LogP contribution in [0.3, 0.4) is 0 Å². The predicted molar refractivity (Wildman–Crippen MR) is 137 cm³/mol. The van der Waals surface area contributed by atoms with E-state index in [1.54, 1.807) is 0 Å². The van der Waals surface area contributed by atoms with Gasteiger partial charge >= 0.3 is 36.4 Å². The highest BCUT2D eigenvalue weighted by Gasteiger charge is 2.49. The molecule has 0 radical (unpaired) electrons. The van der Waals surface area contributed by atoms with Crippen molar-refractivity contribution in [2.24, 2.45) is 5.92 Å². The van der Waals surface area contributed by atoms with Crippen molar-refractivity contribution in [1.82, 2.24) is 19.7 Å². The number of rotatable bonds is 4. The molecule has 3 heterocycles. The van der Waals surface area contributed by atoms with Gasteiger partial charge in [-0.05, 0) is 37.9 Å². The molecule has 45 heavy (non-hydrogen) atoms. The molecule has 3 rings (SSSR count). The summed E-state index contributed by atoms with van der Waals surface area (Å²) in [5.41, 5.74) is 0.825. The number of carbonyl (C=O) groups excluding carboxylic acids is 1. The SMILES string of the molecule is CC(C)CN1CCN(C)C2(CCN(Cc3ccccn3)CC2)C1=O.O=C(O)C(F)(F)F.O=C(O)C(F)(F)F.O=C(O)C(F)(F)F. The van der Waals surface area contributed by atoms with Gasteiger partial charge in [0.25, 0.3) is 0 Å². The van der Waals surface area contributed by atoms with Crippen LogP contribution in [0.15, 0.2) is 24.4 Å². The van der Waals surface area contributed by atoms with Gasteiger partial charge < -0.3 is 20.2 Å². The lowest BCUT2D eigenvalue weighted by atomic mass is 9.82. The molecular formula is C25H33F9N4O7. The molecule has 3 N–H and O–H groups in total. The van der Waals surface area contributed by atoms with Crippen LogP contribution < -0.4 is 0 Å². The smallest absolute Gasteiger partial charge is 0.475 e. The van der Waals surface area contributed by atoms with Gasteiger partial charge in [0.1, 0.15) is 5.54 Å². The fraction of sp³-hybridized carbons (Fsp3) is 0.640. The topological polar surface area (TPSA) is 152 Å². The van der Waals surface area contributed by atoms with Crippen LogP contribution in [0.2, 0.25) is 0 Å². The number of hydrogen-bond acceptors (Lipinski definition) is 7. The maximum Gasteiger partial charge on any atom is 0.490 e. The first-order valence-corrected chi connectivity index (χ1v) is 12.9. The van der Waals surface area contributed by atoms with Crippen molar-refractivity contribution >= 4 is 23.8 Å². The molecule has 1 amide bonds. The Morgan fingerprint density at radius 1 is 0.822 bits per heavy atom. The quantitative estimate of drug-likeness (QED) is 0.404. The summed E-state index contributed by atoms with van der Waals surface area (Å²) in [5.74, 6) is -7.39. The maximum absolute atomic E-state index is 13.2. The number of alkyl halides is 9. The number of likely N-dealkylation sites (N-methyl/N-ethyl adjacent to an activating group) is 1. The third-order valence-electron chi connectivity index (χ3n) is 6.23. The molecule has 1 aromatic rings. The number of carboxylic acid groups (broad SMARTS) is 3. The zero-order chi connectivity index (χ0) is 35.4. The maximum atomic E-state index is 13.2. The molecule has 20 heteroatoms. The van der Waals surface area contributed by atoms with Crippen LogP contribution in [0.4, 0.5) is 39.5 Å². The van der Waals surface area contributed by atoms with Crippen LogP contribution >= 0.6 is 0 Å². The minimum atomic E-state index is -5.08. The molecule has 2 aliphatic rings. The Balaban J connectivity index is 0.000000753. The number of piperazine rings is 1. The second-order valence-electron chi connectivity index (χ2n) is 10.1. The minimum Gasteiger partial charge on any atom is -0.475 e. The third kappa shape index (κ3) is 14.8. The van der Waals surface area contributed by atoms with Crippen molar-refractivity contribution in [1.29, 1.82) is 0 Å². The molecule has 11 nitrogen and oxygen atoms in total. The summed E-state index contributed by atoms with van der Waals surface area (Å²) in [7, 11) is 2.12. The van der Waals surface area contributed by atoms with Crippen LogP contribution in [-0.2, 0) is 25.7 Å². The van der Waals surface area contributed by atoms with Gasteiger partial charge in [0.2, 0.25) is 5.91 Å². The standard InChI is InChI=1S/C19H30N4O.3C2HF3O2/c1-16(2)14-23-13-12-21(3)19(18(23)24)7-10-22(11-8-19)15-17-6-4-5-9-20-17;3*3-2(4,5)1(6)7/h4-6,9,16H,7-8,10-15H2,1-3H3;3*(H,6,7). The van der Waals surface area contributed by atoms with E-state index in [2.05, 4.69) is 46.6 Å². The molecule has 0 aromatic carbocycles. The molecule has 1 spiro atoms. The van der Waals surface area contributed by atoms with E-state index in [0.717, 1.165) is 57.8 Å². The summed E-state index contributed by atoms with van der Waals surface area (Å²) in [6.07, 6.45) is -11.6. The number of aliphatic carboxylic acids is 3. The monoisotopic (exact) mass is 672 g/mol. The molecule has 2 aliphatic heterocycles. The van der Waals surface area contributed by atoms with Gasteiger partial charge in [-0.1, -0.05) is 19.9 Å². The second kappa shape index (κ2) is 17.1. The van der Waals surface area contributed by atoms with Gasteiger partial charge in [-0.25, -0.2) is 14.4 Å². The van der Waals surface area contributed by atoms with Crippen LogP contribution in [-0.4, -0.2) is 123 Å². The number of carbonyl (C=O) groups is 4. The molecule has 2 fully saturated rings. The van der Waals surface area contributed by atoms with E-state index in [0.29, 0.717) is 11.8 Å². The largest absolute Gasteiger partial charge is 0.490 e. The number of pyridine rings is 1. The van der Waals surface area contributed by atoms with E-state index < -0.39 is 36.4 Å². The Kier molecular flexibility index (Phi) is 15.7. The van der Waals surface area contributed by atoms with Crippen molar-refractivity contribution in [3.8, 4) is 0 Å². The van der Waals surface area contributed by atoms with Gasteiger partial charge in [0.15, 0.2) is 0 Å². The zero-order valence-electron chi connectivity index (χ0n) is 24.2. The Bertz CT molecular complexity index is 1050. The van der Waals surface area contributed by atoms with E-state index >= 15 is 0 Å². The zero-order valence-corrected chi connectivity index (χ0v) is 24.2. The van der Waals surface area contributed by atoms with E-state index in [-0.39, 0.29) is 5.54 Å². The van der Waals surface area contributed by atoms with E-state index in [1.165, 1.54) is 0 Å². The van der Waals surface area contributed by atoms with Gasteiger partial charge in [-0.15, -0.1) is 0 Å². The Labute approximate surface area is 251 Å². The first kappa shape index (κ1) is 41.3. The number of nitrogens with zero attached hydrogens (tertiary/aromatic N) is 4. The molecule has 2 saturated heterocycles. The Morgan fingerprint density at radius 3 is 1.58 bits per heavy atom. The van der Waals surface area contributed by atoms with Gasteiger partial charge in [-0.2, -0.15) is 39.5 Å². The van der Waals surface area contributed by atoms with E-state index in [9.17, 15) is 44.3 Å². The van der Waals surface area contributed by atoms with E-state index in [1.807, 2.05) is 18.3 Å². The van der Waals surface area contributed by atoms with E-state index in [4.69, 9.17) is 29.7 Å². The number of carboxylic acids is 3.